The summed E-state index contributed by atoms with van der Waals surface area (Å²) in [5.41, 5.74) is -0.997. The van der Waals surface area contributed by atoms with Crippen LogP contribution in [0.15, 0.2) is 12.2 Å². The summed E-state index contributed by atoms with van der Waals surface area (Å²) in [6.07, 6.45) is 6.15. The number of carbonyl (C=O) groups excluding carboxylic acids is 1. The molecule has 0 aromatic rings. The predicted octanol–water partition coefficient (Wildman–Crippen LogP) is 2.36. The molecule has 0 heterocycles. The molecule has 4 nitrogen and oxygen atoms in total. The van der Waals surface area contributed by atoms with E-state index in [9.17, 15) is 14.9 Å². The van der Waals surface area contributed by atoms with Crippen molar-refractivity contribution in [3.8, 4) is 0 Å². The predicted molar refractivity (Wildman–Crippen MR) is 57.2 cm³/mol. The number of allylic oxidation sites excluding steroid dienone is 1. The van der Waals surface area contributed by atoms with Crippen molar-refractivity contribution in [2.45, 2.75) is 45.1 Å². The summed E-state index contributed by atoms with van der Waals surface area (Å²) in [6.45, 7) is 3.25. The molecule has 0 N–H and O–H groups in total. The molecule has 15 heavy (non-hydrogen) atoms. The maximum absolute atomic E-state index is 11.1. The second kappa shape index (κ2) is 4.55. The zero-order valence-electron chi connectivity index (χ0n) is 9.23. The number of nitrogens with zero attached hydrogens (tertiary/aromatic N) is 1. The van der Waals surface area contributed by atoms with E-state index in [1.165, 1.54) is 6.92 Å². The molecule has 1 rings (SSSR count). The summed E-state index contributed by atoms with van der Waals surface area (Å²) in [5, 5.41) is 11.1. The standard InChI is InChI=1S/C11H17NO3/c1-9(10(2)13)8-11(12(14)15)6-4-3-5-7-11/h4,6,9H,3,5,7-8H2,1-2H3. The molecule has 0 amide bonds. The second-order valence-corrected chi connectivity index (χ2v) is 4.37. The zero-order chi connectivity index (χ0) is 11.5. The van der Waals surface area contributed by atoms with E-state index in [-0.39, 0.29) is 16.6 Å². The van der Waals surface area contributed by atoms with Crippen LogP contribution in [0.2, 0.25) is 0 Å². The summed E-state index contributed by atoms with van der Waals surface area (Å²) in [4.78, 5) is 22.0. The smallest absolute Gasteiger partial charge is 0.241 e. The van der Waals surface area contributed by atoms with Gasteiger partial charge >= 0.3 is 0 Å². The Balaban J connectivity index is 2.82. The summed E-state index contributed by atoms with van der Waals surface area (Å²) in [6, 6.07) is 0. The third-order valence-electron chi connectivity index (χ3n) is 3.13. The van der Waals surface area contributed by atoms with Crippen LogP contribution in [0.25, 0.3) is 0 Å². The molecule has 0 saturated carbocycles. The number of rotatable bonds is 4. The summed E-state index contributed by atoms with van der Waals surface area (Å²) in [5.74, 6) is -0.214. The topological polar surface area (TPSA) is 60.2 Å². The number of nitro groups is 1. The Labute approximate surface area is 89.5 Å². The number of carbonyl (C=O) groups is 1. The van der Waals surface area contributed by atoms with E-state index in [1.807, 2.05) is 6.08 Å². The van der Waals surface area contributed by atoms with Crippen LogP contribution >= 0.6 is 0 Å². The van der Waals surface area contributed by atoms with Crippen LogP contribution in [0.1, 0.15) is 39.5 Å². The van der Waals surface area contributed by atoms with Crippen molar-refractivity contribution in [1.29, 1.82) is 0 Å². The summed E-state index contributed by atoms with van der Waals surface area (Å²) < 4.78 is 0. The first-order valence-electron chi connectivity index (χ1n) is 5.30. The minimum Gasteiger partial charge on any atom is -0.300 e. The first-order valence-corrected chi connectivity index (χ1v) is 5.30. The average Bonchev–Trinajstić information content (AvgIpc) is 2.18. The van der Waals surface area contributed by atoms with Crippen LogP contribution in [0.5, 0.6) is 0 Å². The SMILES string of the molecule is CC(=O)C(C)CC1([N+](=O)[O-])C=CCCC1. The quantitative estimate of drug-likeness (QED) is 0.407. The van der Waals surface area contributed by atoms with E-state index in [2.05, 4.69) is 0 Å². The minimum atomic E-state index is -0.997. The molecule has 4 heteroatoms. The van der Waals surface area contributed by atoms with Crippen LogP contribution in [0.3, 0.4) is 0 Å². The Morgan fingerprint density at radius 2 is 2.33 bits per heavy atom. The van der Waals surface area contributed by atoms with Crippen molar-refractivity contribution >= 4 is 5.78 Å². The lowest BCUT2D eigenvalue weighted by Crippen LogP contribution is -2.40. The molecule has 2 unspecified atom stereocenters. The molecule has 0 saturated heterocycles. The number of Topliss-reactive ketones (excluding diaryl/α,β-unsaturated/α-hetero) is 1. The van der Waals surface area contributed by atoms with E-state index in [0.717, 1.165) is 12.8 Å². The molecule has 2 atom stereocenters. The van der Waals surface area contributed by atoms with Gasteiger partial charge in [-0.2, -0.15) is 0 Å². The molecule has 0 aromatic heterocycles. The van der Waals surface area contributed by atoms with Gasteiger partial charge in [0.25, 0.3) is 0 Å². The van der Waals surface area contributed by atoms with Gasteiger partial charge in [0.15, 0.2) is 0 Å². The Morgan fingerprint density at radius 3 is 2.73 bits per heavy atom. The maximum Gasteiger partial charge on any atom is 0.241 e. The van der Waals surface area contributed by atoms with Gasteiger partial charge in [-0.25, -0.2) is 0 Å². The normalized spacial score (nSPS) is 27.3. The monoisotopic (exact) mass is 211 g/mol. The highest BCUT2D eigenvalue weighted by atomic mass is 16.6. The molecule has 0 bridgehead atoms. The Kier molecular flexibility index (Phi) is 3.61. The molecule has 0 aromatic carbocycles. The van der Waals surface area contributed by atoms with Crippen molar-refractivity contribution in [2.75, 3.05) is 0 Å². The van der Waals surface area contributed by atoms with Crippen LogP contribution in [-0.4, -0.2) is 16.2 Å². The molecule has 84 valence electrons. The van der Waals surface area contributed by atoms with Crippen LogP contribution < -0.4 is 0 Å². The van der Waals surface area contributed by atoms with Crippen LogP contribution in [0.4, 0.5) is 0 Å². The molecule has 1 aliphatic rings. The Morgan fingerprint density at radius 1 is 1.67 bits per heavy atom. The number of hydrogen-bond acceptors (Lipinski definition) is 3. The Hall–Kier alpha value is -1.19. The third kappa shape index (κ3) is 2.64. The zero-order valence-corrected chi connectivity index (χ0v) is 9.23. The molecular formula is C11H17NO3. The van der Waals surface area contributed by atoms with Crippen molar-refractivity contribution in [1.82, 2.24) is 0 Å². The fourth-order valence-electron chi connectivity index (χ4n) is 1.98. The van der Waals surface area contributed by atoms with Crippen molar-refractivity contribution in [3.05, 3.63) is 22.3 Å². The van der Waals surface area contributed by atoms with Gasteiger partial charge in [0, 0.05) is 23.7 Å². The largest absolute Gasteiger partial charge is 0.300 e. The van der Waals surface area contributed by atoms with Gasteiger partial charge in [0.05, 0.1) is 0 Å². The van der Waals surface area contributed by atoms with Crippen molar-refractivity contribution in [3.63, 3.8) is 0 Å². The second-order valence-electron chi connectivity index (χ2n) is 4.37. The van der Waals surface area contributed by atoms with E-state index >= 15 is 0 Å². The maximum atomic E-state index is 11.1. The molecular weight excluding hydrogens is 194 g/mol. The van der Waals surface area contributed by atoms with Crippen molar-refractivity contribution in [2.24, 2.45) is 5.92 Å². The lowest BCUT2D eigenvalue weighted by Gasteiger charge is -2.26. The molecule has 0 aliphatic heterocycles. The van der Waals surface area contributed by atoms with Gasteiger partial charge in [-0.1, -0.05) is 13.0 Å². The van der Waals surface area contributed by atoms with Crippen LogP contribution in [0, 0.1) is 16.0 Å². The van der Waals surface area contributed by atoms with Crippen LogP contribution in [-0.2, 0) is 4.79 Å². The average molecular weight is 211 g/mol. The van der Waals surface area contributed by atoms with E-state index in [4.69, 9.17) is 0 Å². The van der Waals surface area contributed by atoms with Gasteiger partial charge in [0.2, 0.25) is 5.54 Å². The molecule has 0 fully saturated rings. The molecule has 1 aliphatic carbocycles. The Bertz CT molecular complexity index is 298. The van der Waals surface area contributed by atoms with E-state index in [1.54, 1.807) is 13.0 Å². The first kappa shape index (κ1) is 11.9. The summed E-state index contributed by atoms with van der Waals surface area (Å²) >= 11 is 0. The van der Waals surface area contributed by atoms with Crippen molar-refractivity contribution < 1.29 is 9.72 Å². The highest BCUT2D eigenvalue weighted by Crippen LogP contribution is 2.31. The lowest BCUT2D eigenvalue weighted by molar-refractivity contribution is -0.559. The van der Waals surface area contributed by atoms with Gasteiger partial charge in [-0.3, -0.25) is 14.9 Å². The fourth-order valence-corrected chi connectivity index (χ4v) is 1.98. The van der Waals surface area contributed by atoms with Gasteiger partial charge in [-0.15, -0.1) is 0 Å². The highest BCUT2D eigenvalue weighted by Gasteiger charge is 2.42. The number of ketones is 1. The molecule has 0 spiro atoms. The molecule has 0 radical (unpaired) electrons. The van der Waals surface area contributed by atoms with E-state index in [0.29, 0.717) is 12.8 Å². The third-order valence-corrected chi connectivity index (χ3v) is 3.13. The highest BCUT2D eigenvalue weighted by molar-refractivity contribution is 5.77. The minimum absolute atomic E-state index is 0.0233. The van der Waals surface area contributed by atoms with Gasteiger partial charge in [-0.05, 0) is 25.8 Å². The summed E-state index contributed by atoms with van der Waals surface area (Å²) in [7, 11) is 0. The van der Waals surface area contributed by atoms with Gasteiger partial charge < -0.3 is 0 Å². The fraction of sp³-hybridized carbons (Fsp3) is 0.727. The van der Waals surface area contributed by atoms with E-state index < -0.39 is 5.54 Å². The first-order chi connectivity index (χ1) is 6.98. The van der Waals surface area contributed by atoms with Gasteiger partial charge in [0.1, 0.15) is 5.78 Å². The number of hydrogen-bond donors (Lipinski definition) is 0. The lowest BCUT2D eigenvalue weighted by atomic mass is 9.80.